The van der Waals surface area contributed by atoms with Crippen LogP contribution in [0.5, 0.6) is 0 Å². The summed E-state index contributed by atoms with van der Waals surface area (Å²) in [6.45, 7) is 0. The molecule has 2 aliphatic rings. The lowest BCUT2D eigenvalue weighted by molar-refractivity contribution is 0.495. The third kappa shape index (κ3) is 3.43. The van der Waals surface area contributed by atoms with Gasteiger partial charge in [0.15, 0.2) is 0 Å². The van der Waals surface area contributed by atoms with E-state index in [4.69, 9.17) is 0 Å². The molecule has 94 valence electrons. The molecule has 0 amide bonds. The van der Waals surface area contributed by atoms with E-state index < -0.39 is 0 Å². The molecule has 2 saturated carbocycles. The summed E-state index contributed by atoms with van der Waals surface area (Å²) in [5, 5.41) is 0. The molecule has 0 heterocycles. The number of hydrogen-bond acceptors (Lipinski definition) is 0. The van der Waals surface area contributed by atoms with E-state index in [1.54, 1.807) is 83.7 Å². The summed E-state index contributed by atoms with van der Waals surface area (Å²) in [6, 6.07) is 0. The van der Waals surface area contributed by atoms with Crippen molar-refractivity contribution in [2.24, 2.45) is 0 Å². The maximum Gasteiger partial charge on any atom is 0.0134 e. The second-order valence-electron chi connectivity index (χ2n) is 6.51. The van der Waals surface area contributed by atoms with E-state index in [-0.39, 0.29) is 15.7 Å². The Morgan fingerprint density at radius 2 is 0.875 bits per heavy atom. The maximum absolute atomic E-state index is 1.68. The summed E-state index contributed by atoms with van der Waals surface area (Å²) in [5.41, 5.74) is 2.72. The van der Waals surface area contributed by atoms with Gasteiger partial charge in [0.1, 0.15) is 0 Å². The van der Waals surface area contributed by atoms with Crippen LogP contribution in [0.4, 0.5) is 0 Å². The van der Waals surface area contributed by atoms with Crippen molar-refractivity contribution in [3.63, 3.8) is 0 Å². The predicted octanol–water partition coefficient (Wildman–Crippen LogP) is 0.912. The lowest BCUT2D eigenvalue weighted by atomic mass is 10.0. The van der Waals surface area contributed by atoms with Gasteiger partial charge in [0.05, 0.1) is 0 Å². The Hall–Kier alpha value is 0.868. The van der Waals surface area contributed by atoms with Crippen LogP contribution in [0.3, 0.4) is 0 Å². The average Bonchev–Trinajstić information content (AvgIpc) is 2.39. The smallest absolute Gasteiger partial charge is 0.0134 e. The van der Waals surface area contributed by atoms with Crippen LogP contribution in [0.1, 0.15) is 64.2 Å². The summed E-state index contributed by atoms with van der Waals surface area (Å²) < 4.78 is 0. The molecule has 0 aromatic rings. The highest BCUT2D eigenvalue weighted by molar-refractivity contribution is 7.54. The minimum atomic E-state index is -0.111. The molecule has 0 aromatic carbocycles. The lowest BCUT2D eigenvalue weighted by Crippen LogP contribution is -2.45. The van der Waals surface area contributed by atoms with Crippen LogP contribution in [0, 0.1) is 0 Å². The highest BCUT2D eigenvalue weighted by Gasteiger charge is 2.31. The van der Waals surface area contributed by atoms with Crippen LogP contribution in [-0.4, -0.2) is 35.2 Å². The fraction of sp³-hybridized carbons (Fsp3) is 1.00. The molecule has 2 rings (SSSR count). The Morgan fingerprint density at radius 3 is 1.19 bits per heavy atom. The summed E-state index contributed by atoms with van der Waals surface area (Å²) in [5.74, 6) is 0. The topological polar surface area (TPSA) is 0 Å². The van der Waals surface area contributed by atoms with Gasteiger partial charge in [-0.25, -0.2) is 0 Å². The highest BCUT2D eigenvalue weighted by Crippen LogP contribution is 2.36. The molecule has 16 heavy (non-hydrogen) atoms. The summed E-state index contributed by atoms with van der Waals surface area (Å²) in [7, 11) is 3.14. The molecular formula is C12H30Si4. The predicted molar refractivity (Wildman–Crippen MR) is 87.8 cm³/mol. The van der Waals surface area contributed by atoms with E-state index in [1.165, 1.54) is 11.1 Å². The summed E-state index contributed by atoms with van der Waals surface area (Å²) >= 11 is 0. The largest absolute Gasteiger partial charge is 0.0536 e. The van der Waals surface area contributed by atoms with Crippen LogP contribution >= 0.6 is 0 Å². The van der Waals surface area contributed by atoms with Gasteiger partial charge in [-0.2, -0.15) is 0 Å². The van der Waals surface area contributed by atoms with E-state index in [1.807, 2.05) is 0 Å². The first-order valence-electron chi connectivity index (χ1n) is 7.79. The van der Waals surface area contributed by atoms with Gasteiger partial charge in [0, 0.05) is 15.7 Å². The number of hydrogen-bond donors (Lipinski definition) is 0. The maximum atomic E-state index is 1.68. The Labute approximate surface area is 110 Å². The van der Waals surface area contributed by atoms with Gasteiger partial charge in [-0.05, 0) is 19.5 Å². The molecule has 0 nitrogen and oxygen atoms in total. The van der Waals surface area contributed by atoms with Gasteiger partial charge in [0.2, 0.25) is 0 Å². The monoisotopic (exact) mass is 286 g/mol. The molecule has 0 spiro atoms. The molecule has 0 aliphatic heterocycles. The third-order valence-corrected chi connectivity index (χ3v) is 56.4. The first-order chi connectivity index (χ1) is 7.79. The Balaban J connectivity index is 1.84. The Morgan fingerprint density at radius 1 is 0.562 bits per heavy atom. The van der Waals surface area contributed by atoms with Gasteiger partial charge in [-0.15, -0.1) is 0 Å². The minimum absolute atomic E-state index is 0.111. The summed E-state index contributed by atoms with van der Waals surface area (Å²) in [4.78, 5) is 0. The molecule has 2 aliphatic carbocycles. The SMILES string of the molecule is [SiH3][SiH](C1CCCCC1)[SiH]([SiH3])C1CCCCC1. The van der Waals surface area contributed by atoms with Crippen molar-refractivity contribution in [3.8, 4) is 0 Å². The van der Waals surface area contributed by atoms with E-state index >= 15 is 0 Å². The Kier molecular flexibility index (Phi) is 5.58. The second kappa shape index (κ2) is 6.71. The lowest BCUT2D eigenvalue weighted by Gasteiger charge is -2.36. The van der Waals surface area contributed by atoms with Crippen molar-refractivity contribution in [1.82, 2.24) is 0 Å². The molecule has 2 unspecified atom stereocenters. The molecule has 4 heteroatoms. The van der Waals surface area contributed by atoms with Crippen LogP contribution < -0.4 is 0 Å². The van der Waals surface area contributed by atoms with Gasteiger partial charge in [-0.1, -0.05) is 75.3 Å². The fourth-order valence-electron chi connectivity index (χ4n) is 4.18. The van der Waals surface area contributed by atoms with Crippen LogP contribution in [-0.2, 0) is 0 Å². The molecule has 0 bridgehead atoms. The van der Waals surface area contributed by atoms with E-state index in [2.05, 4.69) is 0 Å². The zero-order valence-corrected chi connectivity index (χ0v) is 17.7. The van der Waals surface area contributed by atoms with Crippen LogP contribution in [0.2, 0.25) is 11.1 Å². The molecule has 2 fully saturated rings. The molecule has 0 N–H and O–H groups in total. The van der Waals surface area contributed by atoms with Gasteiger partial charge in [-0.3, -0.25) is 0 Å². The fourth-order valence-corrected chi connectivity index (χ4v) is 30.2. The van der Waals surface area contributed by atoms with Gasteiger partial charge >= 0.3 is 0 Å². The van der Waals surface area contributed by atoms with Crippen molar-refractivity contribution in [2.45, 2.75) is 75.3 Å². The highest BCUT2D eigenvalue weighted by atomic mass is 29.7. The number of rotatable bonds is 3. The minimum Gasteiger partial charge on any atom is -0.0536 e. The second-order valence-corrected chi connectivity index (χ2v) is 34.1. The Bertz CT molecular complexity index is 175. The molecule has 0 aromatic heterocycles. The van der Waals surface area contributed by atoms with Crippen molar-refractivity contribution in [3.05, 3.63) is 0 Å². The molecule has 0 radical (unpaired) electrons. The molecule has 2 atom stereocenters. The summed E-state index contributed by atoms with van der Waals surface area (Å²) in [6.07, 6.45) is 16.3. The van der Waals surface area contributed by atoms with Crippen molar-refractivity contribution in [1.29, 1.82) is 0 Å². The van der Waals surface area contributed by atoms with Gasteiger partial charge in [0.25, 0.3) is 0 Å². The first-order valence-corrected chi connectivity index (χ1v) is 21.0. The van der Waals surface area contributed by atoms with Crippen LogP contribution in [0.15, 0.2) is 0 Å². The van der Waals surface area contributed by atoms with E-state index in [0.29, 0.717) is 0 Å². The van der Waals surface area contributed by atoms with Crippen molar-refractivity contribution < 1.29 is 0 Å². The zero-order valence-electron chi connectivity index (χ0n) is 11.4. The van der Waals surface area contributed by atoms with Crippen molar-refractivity contribution >= 4 is 35.2 Å². The quantitative estimate of drug-likeness (QED) is 0.677. The van der Waals surface area contributed by atoms with Crippen LogP contribution in [0.25, 0.3) is 0 Å². The average molecular weight is 287 g/mol. The van der Waals surface area contributed by atoms with E-state index in [9.17, 15) is 0 Å². The van der Waals surface area contributed by atoms with E-state index in [0.717, 1.165) is 0 Å². The zero-order chi connectivity index (χ0) is 11.4. The third-order valence-electron chi connectivity index (χ3n) is 5.62. The first kappa shape index (κ1) is 13.3. The van der Waals surface area contributed by atoms with Crippen molar-refractivity contribution in [2.75, 3.05) is 0 Å². The standard InChI is InChI=1S/C12H30Si4/c13-15(11-7-3-1-4-8-11)16(14)12-9-5-2-6-10-12/h11-12,15-16H,1-10H2,13-14H3. The molecule has 0 saturated heterocycles. The normalized spacial score (nSPS) is 29.2. The molecular weight excluding hydrogens is 256 g/mol. The van der Waals surface area contributed by atoms with Gasteiger partial charge < -0.3 is 0 Å².